The fourth-order valence-corrected chi connectivity index (χ4v) is 2.56. The molecule has 76 valence electrons. The van der Waals surface area contributed by atoms with Crippen molar-refractivity contribution in [3.05, 3.63) is 0 Å². The second kappa shape index (κ2) is 3.25. The molecule has 2 aliphatic rings. The molecule has 1 atom stereocenters. The highest BCUT2D eigenvalue weighted by Gasteiger charge is 2.48. The van der Waals surface area contributed by atoms with Crippen LogP contribution in [-0.4, -0.2) is 30.1 Å². The first-order chi connectivity index (χ1) is 6.18. The van der Waals surface area contributed by atoms with E-state index in [0.717, 1.165) is 18.4 Å². The lowest BCUT2D eigenvalue weighted by Crippen LogP contribution is -2.41. The first kappa shape index (κ1) is 9.47. The highest BCUT2D eigenvalue weighted by Crippen LogP contribution is 2.44. The van der Waals surface area contributed by atoms with Crippen LogP contribution >= 0.6 is 0 Å². The summed E-state index contributed by atoms with van der Waals surface area (Å²) in [7, 11) is 0. The molecule has 2 fully saturated rings. The minimum absolute atomic E-state index is 0.448. The van der Waals surface area contributed by atoms with Gasteiger partial charge >= 0.3 is 0 Å². The predicted octanol–water partition coefficient (Wildman–Crippen LogP) is 1.46. The van der Waals surface area contributed by atoms with Crippen LogP contribution in [0.15, 0.2) is 0 Å². The molecule has 0 radical (unpaired) electrons. The van der Waals surface area contributed by atoms with Crippen molar-refractivity contribution < 1.29 is 0 Å². The molecule has 1 saturated heterocycles. The zero-order valence-electron chi connectivity index (χ0n) is 8.92. The maximum absolute atomic E-state index is 5.83. The van der Waals surface area contributed by atoms with E-state index >= 15 is 0 Å². The SMILES string of the molecule is CC(C)C1CCN(C2(CN)CC2)C1. The fraction of sp³-hybridized carbons (Fsp3) is 1.00. The first-order valence-electron chi connectivity index (χ1n) is 5.63. The van der Waals surface area contributed by atoms with Crippen LogP contribution in [0.4, 0.5) is 0 Å². The van der Waals surface area contributed by atoms with Crippen LogP contribution < -0.4 is 5.73 Å². The normalized spacial score (nSPS) is 32.8. The van der Waals surface area contributed by atoms with Crippen molar-refractivity contribution in [1.82, 2.24) is 4.90 Å². The summed E-state index contributed by atoms with van der Waals surface area (Å²) in [4.78, 5) is 2.65. The standard InChI is InChI=1S/C11H22N2/c1-9(2)10-3-6-13(7-10)11(8-12)4-5-11/h9-10H,3-8,12H2,1-2H3. The summed E-state index contributed by atoms with van der Waals surface area (Å²) >= 11 is 0. The zero-order chi connectivity index (χ0) is 9.47. The van der Waals surface area contributed by atoms with E-state index in [1.54, 1.807) is 0 Å². The molecule has 2 heteroatoms. The van der Waals surface area contributed by atoms with Crippen LogP contribution in [0.1, 0.15) is 33.1 Å². The topological polar surface area (TPSA) is 29.3 Å². The molecule has 2 nitrogen and oxygen atoms in total. The molecular formula is C11H22N2. The molecule has 0 amide bonds. The number of hydrogen-bond acceptors (Lipinski definition) is 2. The van der Waals surface area contributed by atoms with Crippen LogP contribution in [0.3, 0.4) is 0 Å². The lowest BCUT2D eigenvalue weighted by Gasteiger charge is -2.26. The third-order valence-corrected chi connectivity index (χ3v) is 4.05. The zero-order valence-corrected chi connectivity index (χ0v) is 8.92. The van der Waals surface area contributed by atoms with Gasteiger partial charge in [-0.15, -0.1) is 0 Å². The molecule has 1 saturated carbocycles. The third-order valence-electron chi connectivity index (χ3n) is 4.05. The molecule has 1 aliphatic heterocycles. The summed E-state index contributed by atoms with van der Waals surface area (Å²) in [6.07, 6.45) is 4.07. The fourth-order valence-electron chi connectivity index (χ4n) is 2.56. The van der Waals surface area contributed by atoms with Crippen molar-refractivity contribution in [3.63, 3.8) is 0 Å². The van der Waals surface area contributed by atoms with Crippen LogP contribution in [0, 0.1) is 11.8 Å². The third kappa shape index (κ3) is 1.62. The van der Waals surface area contributed by atoms with Gasteiger partial charge in [-0.25, -0.2) is 0 Å². The van der Waals surface area contributed by atoms with E-state index in [-0.39, 0.29) is 0 Å². The Bertz CT molecular complexity index is 185. The van der Waals surface area contributed by atoms with Gasteiger partial charge in [-0.3, -0.25) is 4.90 Å². The Labute approximate surface area is 81.5 Å². The molecule has 1 heterocycles. The summed E-state index contributed by atoms with van der Waals surface area (Å²) in [6.45, 7) is 8.15. The van der Waals surface area contributed by atoms with Crippen molar-refractivity contribution in [2.24, 2.45) is 17.6 Å². The Morgan fingerprint density at radius 1 is 1.46 bits per heavy atom. The van der Waals surface area contributed by atoms with Crippen LogP contribution in [0.2, 0.25) is 0 Å². The monoisotopic (exact) mass is 182 g/mol. The Morgan fingerprint density at radius 2 is 2.15 bits per heavy atom. The lowest BCUT2D eigenvalue weighted by atomic mass is 9.95. The maximum atomic E-state index is 5.83. The summed E-state index contributed by atoms with van der Waals surface area (Å²) in [5, 5.41) is 0. The Hall–Kier alpha value is -0.0800. The number of nitrogens with zero attached hydrogens (tertiary/aromatic N) is 1. The molecule has 2 N–H and O–H groups in total. The molecule has 0 spiro atoms. The Balaban J connectivity index is 1.91. The molecular weight excluding hydrogens is 160 g/mol. The summed E-state index contributed by atoms with van der Waals surface area (Å²) in [6, 6.07) is 0. The van der Waals surface area contributed by atoms with E-state index in [1.807, 2.05) is 0 Å². The van der Waals surface area contributed by atoms with Crippen molar-refractivity contribution in [2.45, 2.75) is 38.6 Å². The summed E-state index contributed by atoms with van der Waals surface area (Å²) in [5.74, 6) is 1.77. The van der Waals surface area contributed by atoms with Gasteiger partial charge in [0.15, 0.2) is 0 Å². The van der Waals surface area contributed by atoms with Gasteiger partial charge in [-0.1, -0.05) is 13.8 Å². The molecule has 0 aromatic heterocycles. The van der Waals surface area contributed by atoms with Gasteiger partial charge in [0, 0.05) is 18.6 Å². The van der Waals surface area contributed by atoms with E-state index in [4.69, 9.17) is 5.73 Å². The highest BCUT2D eigenvalue weighted by molar-refractivity contribution is 5.06. The van der Waals surface area contributed by atoms with Gasteiger partial charge < -0.3 is 5.73 Å². The molecule has 0 aromatic carbocycles. The second-order valence-corrected chi connectivity index (χ2v) is 5.17. The van der Waals surface area contributed by atoms with Gasteiger partial charge in [-0.2, -0.15) is 0 Å². The number of hydrogen-bond donors (Lipinski definition) is 1. The minimum atomic E-state index is 0.448. The number of likely N-dealkylation sites (tertiary alicyclic amines) is 1. The van der Waals surface area contributed by atoms with Crippen molar-refractivity contribution in [2.75, 3.05) is 19.6 Å². The summed E-state index contributed by atoms with van der Waals surface area (Å²) in [5.41, 5.74) is 6.28. The number of rotatable bonds is 3. The van der Waals surface area contributed by atoms with Crippen molar-refractivity contribution in [3.8, 4) is 0 Å². The Morgan fingerprint density at radius 3 is 2.54 bits per heavy atom. The predicted molar refractivity (Wildman–Crippen MR) is 55.5 cm³/mol. The minimum Gasteiger partial charge on any atom is -0.329 e. The van der Waals surface area contributed by atoms with Crippen LogP contribution in [0.5, 0.6) is 0 Å². The Kier molecular flexibility index (Phi) is 2.37. The largest absolute Gasteiger partial charge is 0.329 e. The van der Waals surface area contributed by atoms with E-state index in [0.29, 0.717) is 5.54 Å². The molecule has 2 rings (SSSR count). The van der Waals surface area contributed by atoms with E-state index in [2.05, 4.69) is 18.7 Å². The van der Waals surface area contributed by atoms with E-state index in [1.165, 1.54) is 32.4 Å². The first-order valence-corrected chi connectivity index (χ1v) is 5.63. The van der Waals surface area contributed by atoms with Crippen molar-refractivity contribution in [1.29, 1.82) is 0 Å². The van der Waals surface area contributed by atoms with Gasteiger partial charge in [0.25, 0.3) is 0 Å². The molecule has 0 bridgehead atoms. The van der Waals surface area contributed by atoms with Crippen molar-refractivity contribution >= 4 is 0 Å². The molecule has 1 aliphatic carbocycles. The van der Waals surface area contributed by atoms with Gasteiger partial charge in [-0.05, 0) is 37.6 Å². The molecule has 13 heavy (non-hydrogen) atoms. The number of nitrogens with two attached hydrogens (primary N) is 1. The van der Waals surface area contributed by atoms with Crippen LogP contribution in [0.25, 0.3) is 0 Å². The highest BCUT2D eigenvalue weighted by atomic mass is 15.3. The quantitative estimate of drug-likeness (QED) is 0.716. The summed E-state index contributed by atoms with van der Waals surface area (Å²) < 4.78 is 0. The lowest BCUT2D eigenvalue weighted by molar-refractivity contribution is 0.211. The van der Waals surface area contributed by atoms with Gasteiger partial charge in [0.2, 0.25) is 0 Å². The van der Waals surface area contributed by atoms with Crippen LogP contribution in [-0.2, 0) is 0 Å². The average molecular weight is 182 g/mol. The van der Waals surface area contributed by atoms with E-state index in [9.17, 15) is 0 Å². The average Bonchev–Trinajstić information content (AvgIpc) is 2.75. The van der Waals surface area contributed by atoms with Gasteiger partial charge in [0.1, 0.15) is 0 Å². The smallest absolute Gasteiger partial charge is 0.0333 e. The van der Waals surface area contributed by atoms with E-state index < -0.39 is 0 Å². The second-order valence-electron chi connectivity index (χ2n) is 5.17. The van der Waals surface area contributed by atoms with Gasteiger partial charge in [0.05, 0.1) is 0 Å². The molecule has 1 unspecified atom stereocenters. The molecule has 0 aromatic rings. The maximum Gasteiger partial charge on any atom is 0.0333 e.